The van der Waals surface area contributed by atoms with Crippen molar-refractivity contribution in [3.63, 3.8) is 0 Å². The fourth-order valence-corrected chi connectivity index (χ4v) is 1.53. The molecular formula is C11H11ClN2O2. The highest BCUT2D eigenvalue weighted by atomic mass is 35.5. The fourth-order valence-electron chi connectivity index (χ4n) is 1.32. The molecule has 0 radical (unpaired) electrons. The Morgan fingerprint density at radius 2 is 2.19 bits per heavy atom. The monoisotopic (exact) mass is 238 g/mol. The lowest BCUT2D eigenvalue weighted by atomic mass is 10.2. The van der Waals surface area contributed by atoms with Gasteiger partial charge in [0.15, 0.2) is 0 Å². The van der Waals surface area contributed by atoms with Crippen LogP contribution in [0.5, 0.6) is 5.75 Å². The van der Waals surface area contributed by atoms with Crippen molar-refractivity contribution in [3.05, 3.63) is 46.8 Å². The second kappa shape index (κ2) is 5.01. The normalized spacial score (nSPS) is 10.6. The SMILES string of the molecule is Oc1ccc(CNCc2ccon2)cc1Cl. The third-order valence-electron chi connectivity index (χ3n) is 2.14. The summed E-state index contributed by atoms with van der Waals surface area (Å²) in [7, 11) is 0. The van der Waals surface area contributed by atoms with E-state index in [9.17, 15) is 5.11 Å². The van der Waals surface area contributed by atoms with Crippen LogP contribution < -0.4 is 5.32 Å². The summed E-state index contributed by atoms with van der Waals surface area (Å²) in [6.45, 7) is 1.29. The van der Waals surface area contributed by atoms with Crippen molar-refractivity contribution in [2.24, 2.45) is 0 Å². The molecule has 1 heterocycles. The van der Waals surface area contributed by atoms with Gasteiger partial charge in [0, 0.05) is 19.2 Å². The molecule has 0 unspecified atom stereocenters. The summed E-state index contributed by atoms with van der Waals surface area (Å²) in [5.41, 5.74) is 1.86. The summed E-state index contributed by atoms with van der Waals surface area (Å²) < 4.78 is 4.71. The Labute approximate surface area is 97.8 Å². The number of nitrogens with one attached hydrogen (secondary N) is 1. The van der Waals surface area contributed by atoms with E-state index in [0.29, 0.717) is 18.1 Å². The van der Waals surface area contributed by atoms with Gasteiger partial charge in [-0.3, -0.25) is 0 Å². The Morgan fingerprint density at radius 3 is 2.88 bits per heavy atom. The summed E-state index contributed by atoms with van der Waals surface area (Å²) in [6.07, 6.45) is 1.54. The number of hydrogen-bond donors (Lipinski definition) is 2. The van der Waals surface area contributed by atoms with E-state index in [1.54, 1.807) is 18.2 Å². The highest BCUT2D eigenvalue weighted by Gasteiger charge is 2.00. The van der Waals surface area contributed by atoms with E-state index in [0.717, 1.165) is 11.3 Å². The van der Waals surface area contributed by atoms with Crippen LogP contribution in [0.25, 0.3) is 0 Å². The highest BCUT2D eigenvalue weighted by molar-refractivity contribution is 6.32. The molecule has 2 rings (SSSR count). The van der Waals surface area contributed by atoms with Crippen molar-refractivity contribution in [2.75, 3.05) is 0 Å². The molecule has 2 N–H and O–H groups in total. The number of aromatic hydroxyl groups is 1. The van der Waals surface area contributed by atoms with Crippen LogP contribution in [0.15, 0.2) is 35.1 Å². The predicted molar refractivity (Wildman–Crippen MR) is 60.2 cm³/mol. The third-order valence-corrected chi connectivity index (χ3v) is 2.44. The minimum absolute atomic E-state index is 0.0990. The van der Waals surface area contributed by atoms with Crippen LogP contribution >= 0.6 is 11.6 Å². The van der Waals surface area contributed by atoms with E-state index in [4.69, 9.17) is 16.1 Å². The molecule has 16 heavy (non-hydrogen) atoms. The van der Waals surface area contributed by atoms with Crippen LogP contribution in [-0.2, 0) is 13.1 Å². The molecule has 0 aliphatic rings. The van der Waals surface area contributed by atoms with E-state index in [1.807, 2.05) is 6.07 Å². The summed E-state index contributed by atoms with van der Waals surface area (Å²) in [6, 6.07) is 6.93. The molecule has 0 spiro atoms. The number of rotatable bonds is 4. The standard InChI is InChI=1S/C11H11ClN2O2/c12-10-5-8(1-2-11(10)15)6-13-7-9-3-4-16-14-9/h1-5,13,15H,6-7H2. The van der Waals surface area contributed by atoms with Gasteiger partial charge in [0.25, 0.3) is 0 Å². The van der Waals surface area contributed by atoms with Crippen LogP contribution in [0.2, 0.25) is 5.02 Å². The quantitative estimate of drug-likeness (QED) is 0.858. The average Bonchev–Trinajstić information content (AvgIpc) is 2.76. The molecule has 1 aromatic heterocycles. The molecule has 0 aliphatic heterocycles. The van der Waals surface area contributed by atoms with Crippen molar-refractivity contribution < 1.29 is 9.63 Å². The molecule has 0 aliphatic carbocycles. The van der Waals surface area contributed by atoms with E-state index in [-0.39, 0.29) is 5.75 Å². The molecule has 0 atom stereocenters. The number of hydrogen-bond acceptors (Lipinski definition) is 4. The number of phenols is 1. The first-order valence-electron chi connectivity index (χ1n) is 4.83. The van der Waals surface area contributed by atoms with Crippen molar-refractivity contribution >= 4 is 11.6 Å². The molecule has 84 valence electrons. The van der Waals surface area contributed by atoms with Crippen molar-refractivity contribution in [1.82, 2.24) is 10.5 Å². The van der Waals surface area contributed by atoms with Crippen molar-refractivity contribution in [1.29, 1.82) is 0 Å². The Morgan fingerprint density at radius 1 is 1.31 bits per heavy atom. The molecule has 0 fully saturated rings. The predicted octanol–water partition coefficient (Wildman–Crippen LogP) is 2.32. The number of aromatic nitrogens is 1. The lowest BCUT2D eigenvalue weighted by Crippen LogP contribution is -2.12. The first-order chi connectivity index (χ1) is 7.75. The second-order valence-electron chi connectivity index (χ2n) is 3.38. The van der Waals surface area contributed by atoms with Crippen LogP contribution in [0, 0.1) is 0 Å². The summed E-state index contributed by atoms with van der Waals surface area (Å²) in [4.78, 5) is 0. The van der Waals surface area contributed by atoms with E-state index >= 15 is 0 Å². The van der Waals surface area contributed by atoms with Gasteiger partial charge in [-0.25, -0.2) is 0 Å². The smallest absolute Gasteiger partial charge is 0.134 e. The highest BCUT2D eigenvalue weighted by Crippen LogP contribution is 2.23. The third kappa shape index (κ3) is 2.74. The van der Waals surface area contributed by atoms with E-state index in [2.05, 4.69) is 10.5 Å². The molecule has 2 aromatic rings. The number of nitrogens with zero attached hydrogens (tertiary/aromatic N) is 1. The van der Waals surface area contributed by atoms with E-state index < -0.39 is 0 Å². The minimum atomic E-state index is 0.0990. The number of phenolic OH excluding ortho intramolecular Hbond substituents is 1. The molecule has 0 saturated heterocycles. The van der Waals surface area contributed by atoms with Crippen LogP contribution in [0.3, 0.4) is 0 Å². The Hall–Kier alpha value is -1.52. The molecule has 4 nitrogen and oxygen atoms in total. The molecule has 5 heteroatoms. The Kier molecular flexibility index (Phi) is 3.44. The van der Waals surface area contributed by atoms with Gasteiger partial charge in [-0.1, -0.05) is 22.8 Å². The van der Waals surface area contributed by atoms with Crippen LogP contribution in [0.4, 0.5) is 0 Å². The van der Waals surface area contributed by atoms with Gasteiger partial charge < -0.3 is 14.9 Å². The zero-order valence-electron chi connectivity index (χ0n) is 8.48. The largest absolute Gasteiger partial charge is 0.506 e. The van der Waals surface area contributed by atoms with Gasteiger partial charge in [-0.05, 0) is 17.7 Å². The minimum Gasteiger partial charge on any atom is -0.506 e. The number of benzene rings is 1. The first kappa shape index (κ1) is 11.0. The van der Waals surface area contributed by atoms with Crippen molar-refractivity contribution in [2.45, 2.75) is 13.1 Å². The van der Waals surface area contributed by atoms with Gasteiger partial charge in [0.2, 0.25) is 0 Å². The Balaban J connectivity index is 1.87. The van der Waals surface area contributed by atoms with Crippen LogP contribution in [-0.4, -0.2) is 10.3 Å². The van der Waals surface area contributed by atoms with Gasteiger partial charge in [0.1, 0.15) is 12.0 Å². The topological polar surface area (TPSA) is 58.3 Å². The Bertz CT molecular complexity index is 457. The molecule has 0 saturated carbocycles. The molecule has 1 aromatic carbocycles. The second-order valence-corrected chi connectivity index (χ2v) is 3.79. The average molecular weight is 239 g/mol. The lowest BCUT2D eigenvalue weighted by molar-refractivity contribution is 0.408. The van der Waals surface area contributed by atoms with Gasteiger partial charge in [0.05, 0.1) is 10.7 Å². The molecule has 0 amide bonds. The van der Waals surface area contributed by atoms with Gasteiger partial charge in [-0.15, -0.1) is 0 Å². The van der Waals surface area contributed by atoms with Gasteiger partial charge >= 0.3 is 0 Å². The zero-order chi connectivity index (χ0) is 11.4. The summed E-state index contributed by atoms with van der Waals surface area (Å²) >= 11 is 5.79. The maximum Gasteiger partial charge on any atom is 0.134 e. The summed E-state index contributed by atoms with van der Waals surface area (Å²) in [5.74, 6) is 0.0990. The molecular weight excluding hydrogens is 228 g/mol. The maximum atomic E-state index is 9.24. The maximum absolute atomic E-state index is 9.24. The lowest BCUT2D eigenvalue weighted by Gasteiger charge is -2.04. The van der Waals surface area contributed by atoms with Crippen LogP contribution in [0.1, 0.15) is 11.3 Å². The summed E-state index contributed by atoms with van der Waals surface area (Å²) in [5, 5.41) is 16.6. The fraction of sp³-hybridized carbons (Fsp3) is 0.182. The zero-order valence-corrected chi connectivity index (χ0v) is 9.24. The first-order valence-corrected chi connectivity index (χ1v) is 5.21. The van der Waals surface area contributed by atoms with E-state index in [1.165, 1.54) is 6.26 Å². The van der Waals surface area contributed by atoms with Gasteiger partial charge in [-0.2, -0.15) is 0 Å². The number of halogens is 1. The molecule has 0 bridgehead atoms. The van der Waals surface area contributed by atoms with Crippen molar-refractivity contribution in [3.8, 4) is 5.75 Å².